The highest BCUT2D eigenvalue weighted by Crippen LogP contribution is 2.30. The minimum atomic E-state index is -0.205. The molecule has 3 rings (SSSR count). The lowest BCUT2D eigenvalue weighted by Gasteiger charge is -2.26. The van der Waals surface area contributed by atoms with E-state index < -0.39 is 0 Å². The first-order valence-corrected chi connectivity index (χ1v) is 7.21. The molecule has 21 heavy (non-hydrogen) atoms. The van der Waals surface area contributed by atoms with Gasteiger partial charge in [0.25, 0.3) is 0 Å². The van der Waals surface area contributed by atoms with Crippen LogP contribution in [0.15, 0.2) is 42.5 Å². The fraction of sp³-hybridized carbons (Fsp3) is 0.294. The summed E-state index contributed by atoms with van der Waals surface area (Å²) >= 11 is 0. The van der Waals surface area contributed by atoms with Crippen LogP contribution in [0.1, 0.15) is 12.5 Å². The molecule has 0 spiro atoms. The minimum absolute atomic E-state index is 0.0549. The van der Waals surface area contributed by atoms with Crippen molar-refractivity contribution in [2.24, 2.45) is 0 Å². The van der Waals surface area contributed by atoms with Crippen molar-refractivity contribution in [1.29, 1.82) is 0 Å². The molecule has 0 aromatic heterocycles. The highest BCUT2D eigenvalue weighted by molar-refractivity contribution is 5.53. The summed E-state index contributed by atoms with van der Waals surface area (Å²) in [5, 5.41) is 0. The molecule has 0 saturated carbocycles. The maximum absolute atomic E-state index is 13.2. The Labute approximate surface area is 124 Å². The van der Waals surface area contributed by atoms with Crippen molar-refractivity contribution in [3.05, 3.63) is 53.8 Å². The zero-order valence-electron chi connectivity index (χ0n) is 12.1. The smallest absolute Gasteiger partial charge is 0.123 e. The SMILES string of the molecule is CCN(CC1Cc2cc(F)ccc2O1)c1ccc(N)cc1. The molecule has 4 heteroatoms. The zero-order chi connectivity index (χ0) is 14.8. The van der Waals surface area contributed by atoms with Gasteiger partial charge in [0.15, 0.2) is 0 Å². The van der Waals surface area contributed by atoms with Crippen molar-refractivity contribution in [3.8, 4) is 5.75 Å². The second-order valence-electron chi connectivity index (χ2n) is 5.33. The highest BCUT2D eigenvalue weighted by Gasteiger charge is 2.25. The molecule has 0 saturated heterocycles. The van der Waals surface area contributed by atoms with Gasteiger partial charge >= 0.3 is 0 Å². The van der Waals surface area contributed by atoms with E-state index in [2.05, 4.69) is 11.8 Å². The first kappa shape index (κ1) is 13.7. The van der Waals surface area contributed by atoms with Crippen LogP contribution >= 0.6 is 0 Å². The zero-order valence-corrected chi connectivity index (χ0v) is 12.1. The average Bonchev–Trinajstić information content (AvgIpc) is 2.87. The molecule has 1 heterocycles. The fourth-order valence-electron chi connectivity index (χ4n) is 2.74. The number of rotatable bonds is 4. The van der Waals surface area contributed by atoms with Crippen LogP contribution in [0, 0.1) is 5.82 Å². The predicted molar refractivity (Wildman–Crippen MR) is 83.3 cm³/mol. The van der Waals surface area contributed by atoms with Crippen LogP contribution in [0.5, 0.6) is 5.75 Å². The van der Waals surface area contributed by atoms with Crippen molar-refractivity contribution in [2.75, 3.05) is 23.7 Å². The van der Waals surface area contributed by atoms with Gasteiger partial charge in [-0.05, 0) is 49.4 Å². The molecule has 0 amide bonds. The molecule has 2 N–H and O–H groups in total. The van der Waals surface area contributed by atoms with Crippen LogP contribution in [0.25, 0.3) is 0 Å². The predicted octanol–water partition coefficient (Wildman–Crippen LogP) is 3.24. The molecule has 1 unspecified atom stereocenters. The van der Waals surface area contributed by atoms with Gasteiger partial charge in [0.05, 0.1) is 6.54 Å². The summed E-state index contributed by atoms with van der Waals surface area (Å²) in [6, 6.07) is 12.5. The van der Waals surface area contributed by atoms with Crippen LogP contribution in [-0.4, -0.2) is 19.2 Å². The summed E-state index contributed by atoms with van der Waals surface area (Å²) in [5.74, 6) is 0.596. The van der Waals surface area contributed by atoms with Gasteiger partial charge in [-0.2, -0.15) is 0 Å². The van der Waals surface area contributed by atoms with Gasteiger partial charge in [0.1, 0.15) is 17.7 Å². The van der Waals surface area contributed by atoms with Gasteiger partial charge in [0.2, 0.25) is 0 Å². The van der Waals surface area contributed by atoms with E-state index in [1.165, 1.54) is 6.07 Å². The molecule has 0 aliphatic carbocycles. The topological polar surface area (TPSA) is 38.5 Å². The molecule has 2 aromatic rings. The molecule has 1 atom stereocenters. The lowest BCUT2D eigenvalue weighted by Crippen LogP contribution is -2.34. The number of hydrogen-bond acceptors (Lipinski definition) is 3. The van der Waals surface area contributed by atoms with E-state index in [4.69, 9.17) is 10.5 Å². The summed E-state index contributed by atoms with van der Waals surface area (Å²) in [5.41, 5.74) is 8.56. The molecule has 110 valence electrons. The van der Waals surface area contributed by atoms with Crippen molar-refractivity contribution in [3.63, 3.8) is 0 Å². The molecule has 0 fully saturated rings. The molecule has 0 bridgehead atoms. The first-order valence-electron chi connectivity index (χ1n) is 7.21. The fourth-order valence-corrected chi connectivity index (χ4v) is 2.74. The standard InChI is InChI=1S/C17H19FN2O/c1-2-20(15-6-4-14(19)5-7-15)11-16-10-12-9-13(18)3-8-17(12)21-16/h3-9,16H,2,10-11,19H2,1H3. The molecular formula is C17H19FN2O. The lowest BCUT2D eigenvalue weighted by atomic mass is 10.1. The van der Waals surface area contributed by atoms with E-state index in [9.17, 15) is 4.39 Å². The third-order valence-electron chi connectivity index (χ3n) is 3.83. The Hall–Kier alpha value is -2.23. The van der Waals surface area contributed by atoms with Crippen LogP contribution in [0.4, 0.5) is 15.8 Å². The average molecular weight is 286 g/mol. The number of likely N-dealkylation sites (N-methyl/N-ethyl adjacent to an activating group) is 1. The van der Waals surface area contributed by atoms with Gasteiger partial charge in [-0.3, -0.25) is 0 Å². The minimum Gasteiger partial charge on any atom is -0.488 e. The number of nitrogens with zero attached hydrogens (tertiary/aromatic N) is 1. The second kappa shape index (κ2) is 5.64. The largest absolute Gasteiger partial charge is 0.488 e. The number of hydrogen-bond donors (Lipinski definition) is 1. The van der Waals surface area contributed by atoms with E-state index >= 15 is 0 Å². The number of benzene rings is 2. The highest BCUT2D eigenvalue weighted by atomic mass is 19.1. The Morgan fingerprint density at radius 2 is 2.00 bits per heavy atom. The number of halogens is 1. The molecule has 2 aromatic carbocycles. The van der Waals surface area contributed by atoms with Crippen molar-refractivity contribution in [2.45, 2.75) is 19.4 Å². The number of ether oxygens (including phenoxy) is 1. The van der Waals surface area contributed by atoms with E-state index in [0.717, 1.165) is 42.2 Å². The van der Waals surface area contributed by atoms with E-state index in [-0.39, 0.29) is 11.9 Å². The molecule has 0 radical (unpaired) electrons. The van der Waals surface area contributed by atoms with Crippen LogP contribution < -0.4 is 15.4 Å². The molecule has 3 nitrogen and oxygen atoms in total. The number of nitrogen functional groups attached to an aromatic ring is 1. The normalized spacial score (nSPS) is 16.4. The summed E-state index contributed by atoms with van der Waals surface area (Å²) in [6.45, 7) is 3.77. The van der Waals surface area contributed by atoms with Crippen molar-refractivity contribution >= 4 is 11.4 Å². The Morgan fingerprint density at radius 3 is 2.71 bits per heavy atom. The van der Waals surface area contributed by atoms with Crippen LogP contribution in [-0.2, 0) is 6.42 Å². The van der Waals surface area contributed by atoms with E-state index in [1.54, 1.807) is 12.1 Å². The quantitative estimate of drug-likeness (QED) is 0.877. The Bertz CT molecular complexity index is 627. The summed E-state index contributed by atoms with van der Waals surface area (Å²) in [4.78, 5) is 2.24. The van der Waals surface area contributed by atoms with Crippen LogP contribution in [0.2, 0.25) is 0 Å². The number of fused-ring (bicyclic) bond motifs is 1. The van der Waals surface area contributed by atoms with Gasteiger partial charge in [-0.1, -0.05) is 0 Å². The van der Waals surface area contributed by atoms with E-state index in [1.807, 2.05) is 24.3 Å². The summed E-state index contributed by atoms with van der Waals surface area (Å²) in [7, 11) is 0. The Balaban J connectivity index is 1.70. The third-order valence-corrected chi connectivity index (χ3v) is 3.83. The van der Waals surface area contributed by atoms with Crippen molar-refractivity contribution < 1.29 is 9.13 Å². The van der Waals surface area contributed by atoms with Gasteiger partial charge in [0, 0.05) is 29.9 Å². The first-order chi connectivity index (χ1) is 10.2. The van der Waals surface area contributed by atoms with Gasteiger partial charge < -0.3 is 15.4 Å². The third kappa shape index (κ3) is 2.94. The van der Waals surface area contributed by atoms with Crippen molar-refractivity contribution in [1.82, 2.24) is 0 Å². The lowest BCUT2D eigenvalue weighted by molar-refractivity contribution is 0.237. The number of nitrogens with two attached hydrogens (primary N) is 1. The maximum atomic E-state index is 13.2. The maximum Gasteiger partial charge on any atom is 0.123 e. The Morgan fingerprint density at radius 1 is 1.24 bits per heavy atom. The van der Waals surface area contributed by atoms with Crippen LogP contribution in [0.3, 0.4) is 0 Å². The molecule has 1 aliphatic heterocycles. The van der Waals surface area contributed by atoms with E-state index in [0.29, 0.717) is 0 Å². The number of anilines is 2. The monoisotopic (exact) mass is 286 g/mol. The second-order valence-corrected chi connectivity index (χ2v) is 5.33. The summed E-state index contributed by atoms with van der Waals surface area (Å²) in [6.07, 6.45) is 0.803. The molecular weight excluding hydrogens is 267 g/mol. The Kier molecular flexibility index (Phi) is 3.69. The van der Waals surface area contributed by atoms with Gasteiger partial charge in [-0.15, -0.1) is 0 Å². The molecule has 1 aliphatic rings. The summed E-state index contributed by atoms with van der Waals surface area (Å²) < 4.78 is 19.1. The van der Waals surface area contributed by atoms with Gasteiger partial charge in [-0.25, -0.2) is 4.39 Å².